The Morgan fingerprint density at radius 1 is 1.14 bits per heavy atom. The molecule has 1 amide bonds. The molecule has 1 saturated heterocycles. The van der Waals surface area contributed by atoms with Crippen molar-refractivity contribution < 1.29 is 13.9 Å². The summed E-state index contributed by atoms with van der Waals surface area (Å²) in [6.45, 7) is 1.18. The monoisotopic (exact) mass is 399 g/mol. The molecule has 5 nitrogen and oxygen atoms in total. The number of benzene rings is 2. The Hall–Kier alpha value is -2.86. The van der Waals surface area contributed by atoms with Crippen molar-refractivity contribution in [3.63, 3.8) is 0 Å². The Balaban J connectivity index is 1.36. The summed E-state index contributed by atoms with van der Waals surface area (Å²) < 4.78 is 19.9. The van der Waals surface area contributed by atoms with Gasteiger partial charge in [-0.25, -0.2) is 4.39 Å². The van der Waals surface area contributed by atoms with Crippen molar-refractivity contribution in [2.45, 2.75) is 18.9 Å². The fourth-order valence-electron chi connectivity index (χ4n) is 3.29. The number of nitrogens with zero attached hydrogens (tertiary/aromatic N) is 2. The SMILES string of the molecule is O=C(c1cc(-c2ccccc2F)n[nH]1)N1CCC(Oc2ccc(Cl)cc2)CC1. The minimum absolute atomic E-state index is 0.0565. The zero-order chi connectivity index (χ0) is 19.5. The lowest BCUT2D eigenvalue weighted by Gasteiger charge is -2.31. The number of carbonyl (C=O) groups excluding carboxylic acids is 1. The first kappa shape index (κ1) is 18.5. The molecule has 0 bridgehead atoms. The van der Waals surface area contributed by atoms with Gasteiger partial charge in [0.05, 0.1) is 5.69 Å². The molecule has 1 aromatic heterocycles. The van der Waals surface area contributed by atoms with Crippen molar-refractivity contribution in [3.05, 3.63) is 71.1 Å². The third-order valence-corrected chi connectivity index (χ3v) is 5.06. The van der Waals surface area contributed by atoms with Crippen molar-refractivity contribution in [1.29, 1.82) is 0 Å². The summed E-state index contributed by atoms with van der Waals surface area (Å²) in [5.74, 6) is 0.269. The lowest BCUT2D eigenvalue weighted by molar-refractivity contribution is 0.0590. The Morgan fingerprint density at radius 2 is 1.86 bits per heavy atom. The van der Waals surface area contributed by atoms with E-state index in [0.717, 1.165) is 18.6 Å². The number of amides is 1. The summed E-state index contributed by atoms with van der Waals surface area (Å²) in [6.07, 6.45) is 1.53. The first-order chi connectivity index (χ1) is 13.6. The number of piperidine rings is 1. The highest BCUT2D eigenvalue weighted by molar-refractivity contribution is 6.30. The van der Waals surface area contributed by atoms with E-state index in [-0.39, 0.29) is 17.8 Å². The van der Waals surface area contributed by atoms with E-state index in [9.17, 15) is 9.18 Å². The summed E-state index contributed by atoms with van der Waals surface area (Å²) in [5, 5.41) is 7.49. The number of ether oxygens (including phenoxy) is 1. The molecular weight excluding hydrogens is 381 g/mol. The maximum absolute atomic E-state index is 13.9. The fraction of sp³-hybridized carbons (Fsp3) is 0.238. The van der Waals surface area contributed by atoms with Gasteiger partial charge in [0.1, 0.15) is 23.4 Å². The summed E-state index contributed by atoms with van der Waals surface area (Å²) in [5.41, 5.74) is 1.14. The van der Waals surface area contributed by atoms with Crippen molar-refractivity contribution in [1.82, 2.24) is 15.1 Å². The predicted molar refractivity (Wildman–Crippen MR) is 105 cm³/mol. The molecule has 0 atom stereocenters. The maximum atomic E-state index is 13.9. The van der Waals surface area contributed by atoms with Crippen molar-refractivity contribution in [3.8, 4) is 17.0 Å². The summed E-state index contributed by atoms with van der Waals surface area (Å²) in [4.78, 5) is 14.5. The summed E-state index contributed by atoms with van der Waals surface area (Å²) in [7, 11) is 0. The van der Waals surface area contributed by atoms with Gasteiger partial charge in [0.2, 0.25) is 0 Å². The third-order valence-electron chi connectivity index (χ3n) is 4.80. The molecule has 2 heterocycles. The molecule has 0 radical (unpaired) electrons. The number of likely N-dealkylation sites (tertiary alicyclic amines) is 1. The molecule has 144 valence electrons. The number of aromatic nitrogens is 2. The number of H-pyrrole nitrogens is 1. The van der Waals surface area contributed by atoms with Crippen LogP contribution < -0.4 is 4.74 Å². The first-order valence-corrected chi connectivity index (χ1v) is 9.50. The standard InChI is InChI=1S/C21H19ClFN3O2/c22-14-5-7-15(8-6-14)28-16-9-11-26(12-10-16)21(27)20-13-19(24-25-20)17-3-1-2-4-18(17)23/h1-8,13,16H,9-12H2,(H,24,25). The maximum Gasteiger partial charge on any atom is 0.271 e. The first-order valence-electron chi connectivity index (χ1n) is 9.12. The van der Waals surface area contributed by atoms with Crippen molar-refractivity contribution >= 4 is 17.5 Å². The molecule has 0 unspecified atom stereocenters. The number of halogens is 2. The minimum atomic E-state index is -0.367. The van der Waals surface area contributed by atoms with Crippen LogP contribution >= 0.6 is 11.6 Å². The molecular formula is C21H19ClFN3O2. The van der Waals surface area contributed by atoms with Crippen LogP contribution in [0.2, 0.25) is 5.02 Å². The highest BCUT2D eigenvalue weighted by Crippen LogP contribution is 2.24. The van der Waals surface area contributed by atoms with E-state index >= 15 is 0 Å². The van der Waals surface area contributed by atoms with E-state index in [2.05, 4.69) is 10.2 Å². The van der Waals surface area contributed by atoms with E-state index in [1.807, 2.05) is 12.1 Å². The van der Waals surface area contributed by atoms with Gasteiger partial charge in [0.15, 0.2) is 0 Å². The lowest BCUT2D eigenvalue weighted by Crippen LogP contribution is -2.41. The average Bonchev–Trinajstić information content (AvgIpc) is 3.20. The summed E-state index contributed by atoms with van der Waals surface area (Å²) in [6, 6.07) is 15.2. The second-order valence-electron chi connectivity index (χ2n) is 6.71. The second-order valence-corrected chi connectivity index (χ2v) is 7.15. The average molecular weight is 400 g/mol. The second kappa shape index (κ2) is 8.02. The quantitative estimate of drug-likeness (QED) is 0.700. The Kier molecular flexibility index (Phi) is 5.30. The highest BCUT2D eigenvalue weighted by atomic mass is 35.5. The molecule has 1 aliphatic heterocycles. The zero-order valence-electron chi connectivity index (χ0n) is 15.1. The third kappa shape index (κ3) is 4.02. The molecule has 1 N–H and O–H groups in total. The number of nitrogens with one attached hydrogen (secondary N) is 1. The lowest BCUT2D eigenvalue weighted by atomic mass is 10.1. The summed E-state index contributed by atoms with van der Waals surface area (Å²) >= 11 is 5.89. The van der Waals surface area contributed by atoms with Crippen LogP contribution in [-0.2, 0) is 0 Å². The molecule has 0 aliphatic carbocycles. The van der Waals surface area contributed by atoms with Gasteiger partial charge in [-0.1, -0.05) is 23.7 Å². The number of hydrogen-bond acceptors (Lipinski definition) is 3. The fourth-order valence-corrected chi connectivity index (χ4v) is 3.42. The molecule has 4 rings (SSSR count). The normalized spacial score (nSPS) is 14.9. The molecule has 28 heavy (non-hydrogen) atoms. The van der Waals surface area contributed by atoms with Crippen molar-refractivity contribution in [2.24, 2.45) is 0 Å². The van der Waals surface area contributed by atoms with Gasteiger partial charge in [-0.15, -0.1) is 0 Å². The van der Waals surface area contributed by atoms with Crippen LogP contribution in [-0.4, -0.2) is 40.2 Å². The molecule has 3 aromatic rings. The van der Waals surface area contributed by atoms with Crippen LogP contribution in [0.4, 0.5) is 4.39 Å². The Bertz CT molecular complexity index is 966. The van der Waals surface area contributed by atoms with Gasteiger partial charge < -0.3 is 9.64 Å². The molecule has 0 saturated carbocycles. The van der Waals surface area contributed by atoms with Crippen LogP contribution in [0, 0.1) is 5.82 Å². The van der Waals surface area contributed by atoms with E-state index in [1.54, 1.807) is 41.3 Å². The van der Waals surface area contributed by atoms with Gasteiger partial charge in [-0.05, 0) is 42.5 Å². The highest BCUT2D eigenvalue weighted by Gasteiger charge is 2.26. The van der Waals surface area contributed by atoms with Crippen LogP contribution in [0.25, 0.3) is 11.3 Å². The van der Waals surface area contributed by atoms with E-state index < -0.39 is 0 Å². The Labute approximate surface area is 167 Å². The predicted octanol–water partition coefficient (Wildman–Crippen LogP) is 4.55. The number of carbonyl (C=O) groups is 1. The zero-order valence-corrected chi connectivity index (χ0v) is 15.8. The molecule has 0 spiro atoms. The van der Waals surface area contributed by atoms with Gasteiger partial charge in [0, 0.05) is 36.5 Å². The largest absolute Gasteiger partial charge is 0.490 e. The van der Waals surface area contributed by atoms with Crippen LogP contribution in [0.3, 0.4) is 0 Å². The number of hydrogen-bond donors (Lipinski definition) is 1. The van der Waals surface area contributed by atoms with Gasteiger partial charge in [-0.3, -0.25) is 9.89 Å². The molecule has 2 aromatic carbocycles. The van der Waals surface area contributed by atoms with Gasteiger partial charge >= 0.3 is 0 Å². The molecule has 1 aliphatic rings. The Morgan fingerprint density at radius 3 is 2.57 bits per heavy atom. The number of rotatable bonds is 4. The van der Waals surface area contributed by atoms with Gasteiger partial charge in [0.25, 0.3) is 5.91 Å². The topological polar surface area (TPSA) is 58.2 Å². The smallest absolute Gasteiger partial charge is 0.271 e. The van der Waals surface area contributed by atoms with E-state index in [4.69, 9.17) is 16.3 Å². The minimum Gasteiger partial charge on any atom is -0.490 e. The molecule has 1 fully saturated rings. The van der Waals surface area contributed by atoms with E-state index in [0.29, 0.717) is 35.1 Å². The van der Waals surface area contributed by atoms with Crippen LogP contribution in [0.5, 0.6) is 5.75 Å². The number of aromatic amines is 1. The van der Waals surface area contributed by atoms with Crippen molar-refractivity contribution in [2.75, 3.05) is 13.1 Å². The molecule has 7 heteroatoms. The van der Waals surface area contributed by atoms with Crippen LogP contribution in [0.15, 0.2) is 54.6 Å². The van der Waals surface area contributed by atoms with Crippen LogP contribution in [0.1, 0.15) is 23.3 Å². The van der Waals surface area contributed by atoms with Gasteiger partial charge in [-0.2, -0.15) is 5.10 Å². The van der Waals surface area contributed by atoms with E-state index in [1.165, 1.54) is 6.07 Å².